The number of aryl methyl sites for hydroxylation is 1. The summed E-state index contributed by atoms with van der Waals surface area (Å²) in [6.07, 6.45) is 5.82. The van der Waals surface area contributed by atoms with Gasteiger partial charge < -0.3 is 14.8 Å². The Morgan fingerprint density at radius 2 is 1.88 bits per heavy atom. The number of carboxylic acid groups (broad SMARTS) is 1. The molecule has 4 aromatic rings. The van der Waals surface area contributed by atoms with E-state index in [4.69, 9.17) is 4.74 Å². The fourth-order valence-corrected chi connectivity index (χ4v) is 4.38. The molecule has 0 amide bonds. The molecule has 0 saturated heterocycles. The number of nitrogens with zero attached hydrogens (tertiary/aromatic N) is 3. The average molecular weight is 461 g/mol. The molecule has 3 aromatic heterocycles. The standard InChI is InChI=1S/C26H25FN4O3/c1-15-11-21-22(14-28-15)31-24(30-21)19-5-3-16(12-20(19)27)17-4-6-23(29-13-17)34-18-7-9-26(2,10-8-18)25(32)33/h3-6,11-14,18H,7-10H2,1-2H3,(H,30,31)(H,32,33). The lowest BCUT2D eigenvalue weighted by Gasteiger charge is -2.33. The van der Waals surface area contributed by atoms with Crippen molar-refractivity contribution in [3.8, 4) is 28.4 Å². The quantitative estimate of drug-likeness (QED) is 0.405. The molecule has 1 aliphatic carbocycles. The van der Waals surface area contributed by atoms with E-state index < -0.39 is 11.4 Å². The first kappa shape index (κ1) is 22.0. The molecule has 1 saturated carbocycles. The first-order valence-electron chi connectivity index (χ1n) is 11.3. The van der Waals surface area contributed by atoms with Gasteiger partial charge in [-0.25, -0.2) is 14.4 Å². The molecule has 1 fully saturated rings. The van der Waals surface area contributed by atoms with Crippen LogP contribution in [0.15, 0.2) is 48.8 Å². The van der Waals surface area contributed by atoms with Crippen molar-refractivity contribution in [2.75, 3.05) is 0 Å². The molecule has 0 spiro atoms. The number of ether oxygens (including phenoxy) is 1. The second kappa shape index (κ2) is 8.52. The number of carbonyl (C=O) groups is 1. The van der Waals surface area contributed by atoms with Crippen molar-refractivity contribution in [1.82, 2.24) is 19.9 Å². The van der Waals surface area contributed by atoms with Gasteiger partial charge in [-0.2, -0.15) is 0 Å². The van der Waals surface area contributed by atoms with Gasteiger partial charge in [-0.1, -0.05) is 6.07 Å². The van der Waals surface area contributed by atoms with Gasteiger partial charge in [0.05, 0.1) is 28.2 Å². The fourth-order valence-electron chi connectivity index (χ4n) is 4.38. The Hall–Kier alpha value is -3.81. The summed E-state index contributed by atoms with van der Waals surface area (Å²) in [4.78, 5) is 27.6. The molecule has 7 nitrogen and oxygen atoms in total. The number of halogens is 1. The van der Waals surface area contributed by atoms with Gasteiger partial charge in [-0.3, -0.25) is 9.78 Å². The molecular formula is C26H25FN4O3. The first-order valence-corrected chi connectivity index (χ1v) is 11.3. The highest BCUT2D eigenvalue weighted by molar-refractivity contribution is 5.79. The van der Waals surface area contributed by atoms with Crippen molar-refractivity contribution < 1.29 is 19.0 Å². The molecule has 1 aromatic carbocycles. The van der Waals surface area contributed by atoms with Crippen LogP contribution < -0.4 is 4.74 Å². The van der Waals surface area contributed by atoms with E-state index in [1.165, 1.54) is 6.07 Å². The Morgan fingerprint density at radius 3 is 2.56 bits per heavy atom. The van der Waals surface area contributed by atoms with Gasteiger partial charge in [0.25, 0.3) is 0 Å². The van der Waals surface area contributed by atoms with Crippen molar-refractivity contribution in [2.45, 2.75) is 45.6 Å². The van der Waals surface area contributed by atoms with Crippen LogP contribution in [0.3, 0.4) is 0 Å². The summed E-state index contributed by atoms with van der Waals surface area (Å²) >= 11 is 0. The molecular weight excluding hydrogens is 435 g/mol. The molecule has 0 unspecified atom stereocenters. The molecule has 8 heteroatoms. The minimum atomic E-state index is -0.751. The summed E-state index contributed by atoms with van der Waals surface area (Å²) in [6, 6.07) is 10.5. The summed E-state index contributed by atoms with van der Waals surface area (Å²) in [6.45, 7) is 3.67. The van der Waals surface area contributed by atoms with E-state index in [1.807, 2.05) is 25.1 Å². The smallest absolute Gasteiger partial charge is 0.309 e. The molecule has 0 radical (unpaired) electrons. The Morgan fingerprint density at radius 1 is 1.12 bits per heavy atom. The van der Waals surface area contributed by atoms with E-state index >= 15 is 0 Å². The van der Waals surface area contributed by atoms with Gasteiger partial charge in [0.1, 0.15) is 17.7 Å². The van der Waals surface area contributed by atoms with E-state index in [-0.39, 0.29) is 11.9 Å². The largest absolute Gasteiger partial charge is 0.481 e. The third-order valence-corrected chi connectivity index (χ3v) is 6.64. The summed E-state index contributed by atoms with van der Waals surface area (Å²) in [5.41, 5.74) is 3.53. The highest BCUT2D eigenvalue weighted by Gasteiger charge is 2.38. The number of fused-ring (bicyclic) bond motifs is 1. The molecule has 5 rings (SSSR count). The third kappa shape index (κ3) is 4.23. The second-order valence-corrected chi connectivity index (χ2v) is 9.19. The number of carboxylic acids is 1. The number of H-pyrrole nitrogens is 1. The lowest BCUT2D eigenvalue weighted by molar-refractivity contribution is -0.150. The average Bonchev–Trinajstić information content (AvgIpc) is 3.24. The normalized spacial score (nSPS) is 20.4. The highest BCUT2D eigenvalue weighted by atomic mass is 19.1. The number of aliphatic carboxylic acids is 1. The van der Waals surface area contributed by atoms with Crippen LogP contribution in [0.4, 0.5) is 4.39 Å². The summed E-state index contributed by atoms with van der Waals surface area (Å²) in [5.74, 6) is -0.194. The van der Waals surface area contributed by atoms with Gasteiger partial charge in [0, 0.05) is 23.5 Å². The topological polar surface area (TPSA) is 101 Å². The predicted octanol–water partition coefficient (Wildman–Crippen LogP) is 5.55. The maximum absolute atomic E-state index is 15.0. The number of rotatable bonds is 5. The van der Waals surface area contributed by atoms with Gasteiger partial charge in [0.15, 0.2) is 0 Å². The summed E-state index contributed by atoms with van der Waals surface area (Å²) in [7, 11) is 0. The minimum Gasteiger partial charge on any atom is -0.481 e. The molecule has 0 atom stereocenters. The van der Waals surface area contributed by atoms with Crippen molar-refractivity contribution in [1.29, 1.82) is 0 Å². The lowest BCUT2D eigenvalue weighted by Crippen LogP contribution is -2.36. The van der Waals surface area contributed by atoms with E-state index in [0.717, 1.165) is 22.3 Å². The third-order valence-electron chi connectivity index (χ3n) is 6.64. The minimum absolute atomic E-state index is 0.0506. The van der Waals surface area contributed by atoms with Crippen molar-refractivity contribution >= 4 is 17.0 Å². The Labute approximate surface area is 196 Å². The monoisotopic (exact) mass is 460 g/mol. The van der Waals surface area contributed by atoms with Crippen LogP contribution in [0, 0.1) is 18.2 Å². The number of benzene rings is 1. The molecule has 0 aliphatic heterocycles. The van der Waals surface area contributed by atoms with E-state index in [2.05, 4.69) is 19.9 Å². The summed E-state index contributed by atoms with van der Waals surface area (Å²) in [5, 5.41) is 9.37. The molecule has 34 heavy (non-hydrogen) atoms. The second-order valence-electron chi connectivity index (χ2n) is 9.19. The molecule has 0 bridgehead atoms. The van der Waals surface area contributed by atoms with E-state index in [0.29, 0.717) is 48.5 Å². The number of pyridine rings is 2. The zero-order valence-electron chi connectivity index (χ0n) is 19.0. The lowest BCUT2D eigenvalue weighted by atomic mass is 9.75. The maximum atomic E-state index is 15.0. The Kier molecular flexibility index (Phi) is 5.51. The van der Waals surface area contributed by atoms with Crippen LogP contribution >= 0.6 is 0 Å². The van der Waals surface area contributed by atoms with E-state index in [9.17, 15) is 14.3 Å². The van der Waals surface area contributed by atoms with Crippen LogP contribution in [0.5, 0.6) is 5.88 Å². The number of nitrogens with one attached hydrogen (secondary N) is 1. The van der Waals surface area contributed by atoms with Crippen molar-refractivity contribution in [3.63, 3.8) is 0 Å². The fraction of sp³-hybridized carbons (Fsp3) is 0.308. The molecule has 1 aliphatic rings. The van der Waals surface area contributed by atoms with Gasteiger partial charge in [-0.15, -0.1) is 0 Å². The first-order chi connectivity index (χ1) is 16.3. The Bertz CT molecular complexity index is 1360. The van der Waals surface area contributed by atoms with Crippen LogP contribution in [0.2, 0.25) is 0 Å². The highest BCUT2D eigenvalue weighted by Crippen LogP contribution is 2.37. The maximum Gasteiger partial charge on any atom is 0.309 e. The van der Waals surface area contributed by atoms with Gasteiger partial charge in [0.2, 0.25) is 5.88 Å². The van der Waals surface area contributed by atoms with Gasteiger partial charge >= 0.3 is 5.97 Å². The van der Waals surface area contributed by atoms with Gasteiger partial charge in [-0.05, 0) is 69.4 Å². The Balaban J connectivity index is 1.29. The number of hydrogen-bond donors (Lipinski definition) is 2. The summed E-state index contributed by atoms with van der Waals surface area (Å²) < 4.78 is 20.9. The SMILES string of the molecule is Cc1cc2nc(-c3ccc(-c4ccc(OC5CCC(C)(C(=O)O)CC5)nc4)cc3F)[nH]c2cn1. The predicted molar refractivity (Wildman–Crippen MR) is 126 cm³/mol. The van der Waals surface area contributed by atoms with Crippen LogP contribution in [-0.2, 0) is 4.79 Å². The number of aromatic amines is 1. The molecule has 174 valence electrons. The zero-order chi connectivity index (χ0) is 23.9. The number of hydrogen-bond acceptors (Lipinski definition) is 5. The van der Waals surface area contributed by atoms with Crippen LogP contribution in [0.1, 0.15) is 38.3 Å². The number of aromatic nitrogens is 4. The molecule has 2 N–H and O–H groups in total. The van der Waals surface area contributed by atoms with Crippen LogP contribution in [-0.4, -0.2) is 37.1 Å². The van der Waals surface area contributed by atoms with Crippen molar-refractivity contribution in [2.24, 2.45) is 5.41 Å². The molecule has 3 heterocycles. The zero-order valence-corrected chi connectivity index (χ0v) is 19.0. The number of imidazole rings is 1. The van der Waals surface area contributed by atoms with Crippen LogP contribution in [0.25, 0.3) is 33.5 Å². The van der Waals surface area contributed by atoms with E-state index in [1.54, 1.807) is 31.5 Å². The van der Waals surface area contributed by atoms with Crippen molar-refractivity contribution in [3.05, 3.63) is 60.3 Å².